The van der Waals surface area contributed by atoms with Gasteiger partial charge in [-0.1, -0.05) is 118 Å². The van der Waals surface area contributed by atoms with E-state index in [2.05, 4.69) is 347 Å². The van der Waals surface area contributed by atoms with E-state index in [1.807, 2.05) is 150 Å². The van der Waals surface area contributed by atoms with E-state index in [9.17, 15) is 0 Å². The number of hydrogen-bond donors (Lipinski definition) is 0. The summed E-state index contributed by atoms with van der Waals surface area (Å²) < 4.78 is 109. The van der Waals surface area contributed by atoms with Crippen LogP contribution >= 0.6 is 0 Å². The molecule has 0 unspecified atom stereocenters. The fourth-order valence-corrected chi connectivity index (χ4v) is 38.2. The summed E-state index contributed by atoms with van der Waals surface area (Å²) in [7, 11) is -14.8. The van der Waals surface area contributed by atoms with E-state index in [-0.39, 0.29) is 89.6 Å². The van der Waals surface area contributed by atoms with Crippen LogP contribution < -0.4 is 15.6 Å². The van der Waals surface area contributed by atoms with E-state index in [0.29, 0.717) is 0 Å². The van der Waals surface area contributed by atoms with Crippen molar-refractivity contribution in [3.8, 4) is 0 Å². The van der Waals surface area contributed by atoms with Crippen LogP contribution in [0.3, 0.4) is 0 Å². The van der Waals surface area contributed by atoms with Crippen molar-refractivity contribution < 1.29 is 79.7 Å². The topological polar surface area (TPSA) is 166 Å². The van der Waals surface area contributed by atoms with Gasteiger partial charge in [-0.05, 0) is 414 Å². The monoisotopic (exact) mass is 1920 g/mol. The molecule has 0 saturated carbocycles. The van der Waals surface area contributed by atoms with Crippen molar-refractivity contribution in [3.63, 3.8) is 0 Å². The lowest BCUT2D eigenvalue weighted by Crippen LogP contribution is -2.61. The molecular weight excluding hydrogens is 1710 g/mol. The highest BCUT2D eigenvalue weighted by Gasteiger charge is 2.51. The van der Waals surface area contributed by atoms with Crippen molar-refractivity contribution in [3.05, 3.63) is 91.0 Å². The molecule has 0 bridgehead atoms. The lowest BCUT2D eigenvalue weighted by molar-refractivity contribution is -0.0369. The molecule has 3 rings (SSSR count). The Bertz CT molecular complexity index is 3050. The number of rotatable bonds is 26. The molecule has 0 aliphatic rings. The van der Waals surface area contributed by atoms with Gasteiger partial charge in [-0.25, -0.2) is 0 Å². The van der Waals surface area contributed by atoms with E-state index in [1.54, 1.807) is 14.2 Å². The molecule has 0 radical (unpaired) electrons. The summed E-state index contributed by atoms with van der Waals surface area (Å²) in [4.78, 5) is 0. The minimum Gasteiger partial charge on any atom is -0.390 e. The van der Waals surface area contributed by atoms with E-state index < -0.39 is 69.0 Å². The summed E-state index contributed by atoms with van der Waals surface area (Å²) in [6, 6.07) is 33.4. The molecule has 748 valence electrons. The zero-order chi connectivity index (χ0) is 102. The first-order valence-electron chi connectivity index (χ1n) is 46.4. The predicted octanol–water partition coefficient (Wildman–Crippen LogP) is 28.4. The van der Waals surface area contributed by atoms with E-state index in [1.165, 1.54) is 10.4 Å². The summed E-state index contributed by atoms with van der Waals surface area (Å²) in [6.07, 6.45) is 2.20. The molecule has 0 fully saturated rings. The molecular formula is C100H208O18Si8. The number of hydrogen-bond acceptors (Lipinski definition) is 18. The first kappa shape index (κ1) is 133. The van der Waals surface area contributed by atoms with Crippen LogP contribution in [-0.2, 0) is 79.7 Å². The molecule has 0 saturated heterocycles. The summed E-state index contributed by atoms with van der Waals surface area (Å²) in [5.74, 6) is 0. The van der Waals surface area contributed by atoms with Crippen molar-refractivity contribution in [2.75, 3.05) is 14.2 Å². The van der Waals surface area contributed by atoms with Crippen molar-refractivity contribution in [1.82, 2.24) is 0 Å². The molecule has 3 aromatic rings. The van der Waals surface area contributed by atoms with Gasteiger partial charge >= 0.3 is 69.0 Å². The fraction of sp³-hybridized carbons (Fsp3) is 0.820. The van der Waals surface area contributed by atoms with Crippen LogP contribution in [0.4, 0.5) is 0 Å². The average molecular weight is 1920 g/mol. The molecule has 0 aromatic heterocycles. The normalized spacial score (nSPS) is 14.2. The minimum absolute atomic E-state index is 0.109. The van der Waals surface area contributed by atoms with Crippen LogP contribution in [0.25, 0.3) is 0 Å². The maximum Gasteiger partial charge on any atom is 0.537 e. The molecule has 0 spiro atoms. The molecule has 3 aromatic carbocycles. The molecule has 0 aliphatic carbocycles. The van der Waals surface area contributed by atoms with Crippen molar-refractivity contribution >= 4 is 84.5 Å². The van der Waals surface area contributed by atoms with Gasteiger partial charge in [0, 0.05) is 25.5 Å². The van der Waals surface area contributed by atoms with Gasteiger partial charge in [-0.2, -0.15) is 0 Å². The Morgan fingerprint density at radius 2 is 0.381 bits per heavy atom. The van der Waals surface area contributed by atoms with Crippen LogP contribution in [0.15, 0.2) is 91.0 Å². The summed E-state index contributed by atoms with van der Waals surface area (Å²) >= 11 is 0. The van der Waals surface area contributed by atoms with Crippen LogP contribution in [0, 0.1) is 0 Å². The summed E-state index contributed by atoms with van der Waals surface area (Å²) in [5, 5.41) is 3.34. The second kappa shape index (κ2) is 51.7. The lowest BCUT2D eigenvalue weighted by Gasteiger charge is -2.39. The van der Waals surface area contributed by atoms with Crippen LogP contribution in [-0.4, -0.2) is 173 Å². The maximum absolute atomic E-state index is 6.30. The number of benzene rings is 3. The largest absolute Gasteiger partial charge is 0.537 e. The second-order valence-corrected chi connectivity index (χ2v) is 74.1. The van der Waals surface area contributed by atoms with Crippen molar-refractivity contribution in [2.24, 2.45) is 0 Å². The van der Waals surface area contributed by atoms with Gasteiger partial charge in [0.15, 0.2) is 0 Å². The Hall–Kier alpha value is -1.32. The fourth-order valence-electron chi connectivity index (χ4n) is 13.4. The third-order valence-corrected chi connectivity index (χ3v) is 39.2. The molecule has 0 heterocycles. The third-order valence-electron chi connectivity index (χ3n) is 14.5. The molecule has 126 heavy (non-hydrogen) atoms. The van der Waals surface area contributed by atoms with Crippen LogP contribution in [0.5, 0.6) is 0 Å². The Balaban J connectivity index is -0.000000445. The third kappa shape index (κ3) is 76.9. The SMILES string of the molecule is CC(C)(C)O[Si](C)(C)OC(C)(C)C.CC(C)(C)O[Si](C)(C)OC(C)(C)C.CC(C)(C)O[Si](C)(OC(C)(C)C)c1ccccc1.CC(C)(C)O[Si](C)(OC(C)(C)C)c1ccccc1.CCCC[Si](OC)(OC(C)(C)C)OC(C)(C)C.CC[Si](C)(OC(C)(C)C)OC(C)(C)C.CC[Si](C)(OC(C)(C)C)OC(C)(C)C.CO[Si](OC(C)(C)C)(OC(C)(C)C)c1ccccc1. The highest BCUT2D eigenvalue weighted by Crippen LogP contribution is 2.34. The molecule has 0 aliphatic heterocycles. The maximum atomic E-state index is 6.30. The van der Waals surface area contributed by atoms with E-state index >= 15 is 0 Å². The van der Waals surface area contributed by atoms with Gasteiger partial charge in [-0.15, -0.1) is 0 Å². The van der Waals surface area contributed by atoms with Gasteiger partial charge in [0.05, 0.1) is 89.6 Å². The Kier molecular flexibility index (Phi) is 54.7. The van der Waals surface area contributed by atoms with Gasteiger partial charge < -0.3 is 79.7 Å². The smallest absolute Gasteiger partial charge is 0.390 e. The van der Waals surface area contributed by atoms with Crippen molar-refractivity contribution in [2.45, 2.75) is 526 Å². The van der Waals surface area contributed by atoms with Crippen LogP contribution in [0.2, 0.25) is 70.5 Å². The molecule has 0 atom stereocenters. The Morgan fingerprint density at radius 1 is 0.206 bits per heavy atom. The highest BCUT2D eigenvalue weighted by atomic mass is 28.4. The quantitative estimate of drug-likeness (QED) is 0.0696. The van der Waals surface area contributed by atoms with Gasteiger partial charge in [0.1, 0.15) is 0 Å². The highest BCUT2D eigenvalue weighted by molar-refractivity contribution is 6.80. The van der Waals surface area contributed by atoms with Gasteiger partial charge in [-0.3, -0.25) is 0 Å². The lowest BCUT2D eigenvalue weighted by atomic mass is 10.2. The summed E-state index contributed by atoms with van der Waals surface area (Å²) in [6.45, 7) is 122. The van der Waals surface area contributed by atoms with Gasteiger partial charge in [0.2, 0.25) is 0 Å². The molecule has 0 N–H and O–H groups in total. The minimum atomic E-state index is -2.92. The van der Waals surface area contributed by atoms with Crippen LogP contribution in [0.1, 0.15) is 366 Å². The Morgan fingerprint density at radius 3 is 0.524 bits per heavy atom. The Labute approximate surface area is 790 Å². The molecule has 0 amide bonds. The predicted molar refractivity (Wildman–Crippen MR) is 559 cm³/mol. The first-order chi connectivity index (χ1) is 54.9. The average Bonchev–Trinajstić information content (AvgIpc) is 0.792. The van der Waals surface area contributed by atoms with E-state index in [0.717, 1.165) is 36.2 Å². The van der Waals surface area contributed by atoms with E-state index in [4.69, 9.17) is 79.7 Å². The second-order valence-electron chi connectivity index (χ2n) is 49.9. The van der Waals surface area contributed by atoms with Crippen molar-refractivity contribution in [1.29, 1.82) is 0 Å². The molecule has 26 heteroatoms. The zero-order valence-corrected chi connectivity index (χ0v) is 102. The molecule has 18 nitrogen and oxygen atoms in total. The standard InChI is InChI=1S/C15H26O3Si.2C15H26O2Si.C13H30O3Si.2C11H26O2Si.2C10H24O2Si/c1-14(2,3)17-19(16-7,18-15(4,5)6)13-11-9-8-10-12-13;2*1-14(2,3)16-18(7,17-15(4,5)6)13-11-9-8-10-12-13;1-9-10-11-17(14-8,15-12(2,3)4)16-13(5,6)7;2*1-9-14(8,12-10(2,3)4)13-11(5,6)7;2*1-9(2,3)11-13(7,8)12-10(4,5)6/h8-12H,1-7H3;2*8-12H,1-7H3;9-11H2,1-8H3;2*9H2,1-8H3;2*1-8H3. The zero-order valence-electron chi connectivity index (χ0n) is 94.0. The first-order valence-corrected chi connectivity index (χ1v) is 65.4. The number of unbranched alkanes of at least 4 members (excludes halogenated alkanes) is 1. The summed E-state index contributed by atoms with van der Waals surface area (Å²) in [5.41, 5.74) is -2.83. The van der Waals surface area contributed by atoms with Gasteiger partial charge in [0.25, 0.3) is 0 Å².